The van der Waals surface area contributed by atoms with Gasteiger partial charge in [-0.15, -0.1) is 0 Å². The average Bonchev–Trinajstić information content (AvgIpc) is 2.45. The molecule has 0 aliphatic heterocycles. The molecule has 0 bridgehead atoms. The van der Waals surface area contributed by atoms with Crippen LogP contribution in [0.4, 0.5) is 20.2 Å². The summed E-state index contributed by atoms with van der Waals surface area (Å²) in [5.41, 5.74) is 5.74. The summed E-state index contributed by atoms with van der Waals surface area (Å²) in [6.45, 7) is 0. The monoisotopic (exact) mass is 372 g/mol. The maximum absolute atomic E-state index is 14.0. The molecule has 7 heteroatoms. The van der Waals surface area contributed by atoms with E-state index in [1.165, 1.54) is 19.2 Å². The summed E-state index contributed by atoms with van der Waals surface area (Å²) in [6.07, 6.45) is 0. The number of methoxy groups -OCH3 is 1. The number of rotatable bonds is 4. The van der Waals surface area contributed by atoms with Crippen molar-refractivity contribution in [2.24, 2.45) is 5.73 Å². The lowest BCUT2D eigenvalue weighted by molar-refractivity contribution is 0.412. The van der Waals surface area contributed by atoms with Gasteiger partial charge in [-0.1, -0.05) is 12.2 Å². The van der Waals surface area contributed by atoms with Crippen LogP contribution >= 0.6 is 28.1 Å². The Morgan fingerprint density at radius 1 is 1.24 bits per heavy atom. The van der Waals surface area contributed by atoms with Gasteiger partial charge in [-0.3, -0.25) is 0 Å². The standard InChI is InChI=1S/C14H11BrF2N2OS/c1-20-11-6-7(2-4-9(11)15)19-10-5-3-8(14(18)21)12(16)13(10)17/h2-6,19H,1H3,(H2,18,21). The molecule has 0 aliphatic carbocycles. The van der Waals surface area contributed by atoms with E-state index in [1.54, 1.807) is 18.2 Å². The Hall–Kier alpha value is -1.73. The minimum Gasteiger partial charge on any atom is -0.495 e. The van der Waals surface area contributed by atoms with Crippen molar-refractivity contribution < 1.29 is 13.5 Å². The molecule has 0 fully saturated rings. The third-order valence-corrected chi connectivity index (χ3v) is 3.65. The summed E-state index contributed by atoms with van der Waals surface area (Å²) < 4.78 is 33.7. The molecule has 0 aromatic heterocycles. The SMILES string of the molecule is COc1cc(Nc2ccc(C(N)=S)c(F)c2F)ccc1Br. The molecule has 0 unspecified atom stereocenters. The minimum atomic E-state index is -1.07. The van der Waals surface area contributed by atoms with E-state index < -0.39 is 11.6 Å². The lowest BCUT2D eigenvalue weighted by atomic mass is 10.1. The molecule has 21 heavy (non-hydrogen) atoms. The van der Waals surface area contributed by atoms with Crippen molar-refractivity contribution >= 4 is 44.5 Å². The highest BCUT2D eigenvalue weighted by Gasteiger charge is 2.15. The Bertz CT molecular complexity index is 710. The van der Waals surface area contributed by atoms with Crippen molar-refractivity contribution in [1.29, 1.82) is 0 Å². The molecule has 3 N–H and O–H groups in total. The molecule has 110 valence electrons. The molecule has 3 nitrogen and oxygen atoms in total. The second-order valence-corrected chi connectivity index (χ2v) is 5.42. The lowest BCUT2D eigenvalue weighted by Gasteiger charge is -2.12. The fourth-order valence-electron chi connectivity index (χ4n) is 1.73. The van der Waals surface area contributed by atoms with Gasteiger partial charge >= 0.3 is 0 Å². The smallest absolute Gasteiger partial charge is 0.182 e. The highest BCUT2D eigenvalue weighted by atomic mass is 79.9. The van der Waals surface area contributed by atoms with Gasteiger partial charge in [0.1, 0.15) is 10.7 Å². The van der Waals surface area contributed by atoms with E-state index in [0.717, 1.165) is 4.47 Å². The van der Waals surface area contributed by atoms with Crippen molar-refractivity contribution in [2.45, 2.75) is 0 Å². The van der Waals surface area contributed by atoms with Gasteiger partial charge in [-0.2, -0.15) is 0 Å². The van der Waals surface area contributed by atoms with Crippen LogP contribution < -0.4 is 15.8 Å². The molecule has 2 aromatic rings. The van der Waals surface area contributed by atoms with E-state index in [4.69, 9.17) is 10.5 Å². The summed E-state index contributed by atoms with van der Waals surface area (Å²) in [5.74, 6) is -1.54. The Kier molecular flexibility index (Phi) is 4.74. The zero-order chi connectivity index (χ0) is 15.6. The van der Waals surface area contributed by atoms with E-state index >= 15 is 0 Å². The Balaban J connectivity index is 2.36. The molecule has 0 saturated carbocycles. The van der Waals surface area contributed by atoms with Gasteiger partial charge in [0.25, 0.3) is 0 Å². The number of hydrogen-bond donors (Lipinski definition) is 2. The number of nitrogens with two attached hydrogens (primary N) is 1. The van der Waals surface area contributed by atoms with Gasteiger partial charge in [0.2, 0.25) is 0 Å². The third-order valence-electron chi connectivity index (χ3n) is 2.78. The number of nitrogens with one attached hydrogen (secondary N) is 1. The summed E-state index contributed by atoms with van der Waals surface area (Å²) in [4.78, 5) is -0.191. The molecule has 0 spiro atoms. The fraction of sp³-hybridized carbons (Fsp3) is 0.0714. The molecule has 0 radical (unpaired) electrons. The van der Waals surface area contributed by atoms with Crippen LogP contribution in [0.2, 0.25) is 0 Å². The number of hydrogen-bond acceptors (Lipinski definition) is 3. The molecule has 2 aromatic carbocycles. The molecule has 2 rings (SSSR count). The van der Waals surface area contributed by atoms with E-state index in [0.29, 0.717) is 11.4 Å². The average molecular weight is 373 g/mol. The van der Waals surface area contributed by atoms with Gasteiger partial charge < -0.3 is 15.8 Å². The predicted molar refractivity (Wildman–Crippen MR) is 86.2 cm³/mol. The second kappa shape index (κ2) is 6.36. The van der Waals surface area contributed by atoms with Crippen LogP contribution in [0.25, 0.3) is 0 Å². The maximum atomic E-state index is 14.0. The van der Waals surface area contributed by atoms with Gasteiger partial charge in [-0.05, 0) is 40.2 Å². The summed E-state index contributed by atoms with van der Waals surface area (Å²) in [6, 6.07) is 7.80. The van der Waals surface area contributed by atoms with Crippen molar-refractivity contribution in [3.05, 3.63) is 52.0 Å². The van der Waals surface area contributed by atoms with Crippen LogP contribution in [0.1, 0.15) is 5.56 Å². The first-order valence-electron chi connectivity index (χ1n) is 5.82. The first-order chi connectivity index (χ1) is 9.93. The lowest BCUT2D eigenvalue weighted by Crippen LogP contribution is -2.13. The Morgan fingerprint density at radius 3 is 2.57 bits per heavy atom. The van der Waals surface area contributed by atoms with Crippen LogP contribution in [0, 0.1) is 11.6 Å². The fourth-order valence-corrected chi connectivity index (χ4v) is 2.30. The molecule has 0 atom stereocenters. The van der Waals surface area contributed by atoms with Crippen molar-refractivity contribution in [3.63, 3.8) is 0 Å². The summed E-state index contributed by atoms with van der Waals surface area (Å²) in [5, 5.41) is 2.78. The van der Waals surface area contributed by atoms with E-state index in [-0.39, 0.29) is 16.2 Å². The first kappa shape index (κ1) is 15.7. The van der Waals surface area contributed by atoms with E-state index in [1.807, 2.05) is 0 Å². The summed E-state index contributed by atoms with van der Waals surface area (Å²) >= 11 is 7.97. The van der Waals surface area contributed by atoms with Crippen molar-refractivity contribution in [1.82, 2.24) is 0 Å². The highest BCUT2D eigenvalue weighted by molar-refractivity contribution is 9.10. The molecule has 0 heterocycles. The van der Waals surface area contributed by atoms with Gasteiger partial charge in [0.15, 0.2) is 11.6 Å². The molecular formula is C14H11BrF2N2OS. The minimum absolute atomic E-state index is 0.0168. The maximum Gasteiger partial charge on any atom is 0.182 e. The molecule has 0 saturated heterocycles. The Labute approximate surface area is 134 Å². The predicted octanol–water partition coefficient (Wildman–Crippen LogP) is 4.11. The van der Waals surface area contributed by atoms with E-state index in [2.05, 4.69) is 33.5 Å². The number of anilines is 2. The van der Waals surface area contributed by atoms with Crippen LogP contribution in [0.15, 0.2) is 34.8 Å². The van der Waals surface area contributed by atoms with Crippen molar-refractivity contribution in [2.75, 3.05) is 12.4 Å². The van der Waals surface area contributed by atoms with Crippen LogP contribution in [0.3, 0.4) is 0 Å². The van der Waals surface area contributed by atoms with E-state index in [9.17, 15) is 8.78 Å². The molecule has 0 amide bonds. The van der Waals surface area contributed by atoms with Crippen molar-refractivity contribution in [3.8, 4) is 5.75 Å². The van der Waals surface area contributed by atoms with Gasteiger partial charge in [0.05, 0.1) is 17.3 Å². The Morgan fingerprint density at radius 2 is 1.95 bits per heavy atom. The second-order valence-electron chi connectivity index (χ2n) is 4.13. The topological polar surface area (TPSA) is 47.3 Å². The number of halogens is 3. The van der Waals surface area contributed by atoms with Gasteiger partial charge in [0, 0.05) is 17.3 Å². The highest BCUT2D eigenvalue weighted by Crippen LogP contribution is 2.30. The first-order valence-corrected chi connectivity index (χ1v) is 7.02. The van der Waals surface area contributed by atoms with Crippen LogP contribution in [0.5, 0.6) is 5.75 Å². The largest absolute Gasteiger partial charge is 0.495 e. The zero-order valence-corrected chi connectivity index (χ0v) is 13.3. The van der Waals surface area contributed by atoms with Crippen LogP contribution in [-0.2, 0) is 0 Å². The number of thiocarbonyl (C=S) groups is 1. The van der Waals surface area contributed by atoms with Crippen LogP contribution in [-0.4, -0.2) is 12.1 Å². The van der Waals surface area contributed by atoms with Gasteiger partial charge in [-0.25, -0.2) is 8.78 Å². The number of benzene rings is 2. The zero-order valence-electron chi connectivity index (χ0n) is 10.9. The summed E-state index contributed by atoms with van der Waals surface area (Å²) in [7, 11) is 1.51. The number of ether oxygens (including phenoxy) is 1. The molecule has 0 aliphatic rings. The quantitative estimate of drug-likeness (QED) is 0.792. The molecular weight excluding hydrogens is 362 g/mol. The normalized spacial score (nSPS) is 10.3. The third kappa shape index (κ3) is 3.30.